The SMILES string of the molecule is C[C@@H](Sc1nnc(NCc2ccco2)s1)C(=O)c1ccc(C(C)(C)C)cc1. The summed E-state index contributed by atoms with van der Waals surface area (Å²) in [4.78, 5) is 12.7. The monoisotopic (exact) mass is 401 g/mol. The Labute approximate surface area is 167 Å². The molecule has 5 nitrogen and oxygen atoms in total. The molecular formula is C20H23N3O2S2. The van der Waals surface area contributed by atoms with Gasteiger partial charge in [-0.3, -0.25) is 4.79 Å². The van der Waals surface area contributed by atoms with Gasteiger partial charge in [-0.05, 0) is 30.0 Å². The van der Waals surface area contributed by atoms with Crippen LogP contribution >= 0.6 is 23.1 Å². The Morgan fingerprint density at radius 3 is 2.59 bits per heavy atom. The molecule has 142 valence electrons. The number of rotatable bonds is 7. The van der Waals surface area contributed by atoms with Crippen molar-refractivity contribution in [1.82, 2.24) is 10.2 Å². The van der Waals surface area contributed by atoms with Crippen LogP contribution in [0.3, 0.4) is 0 Å². The highest BCUT2D eigenvalue weighted by molar-refractivity contribution is 8.02. The standard InChI is InChI=1S/C20H23N3O2S2/c1-13(17(24)14-7-9-15(10-8-14)20(2,3)4)26-19-23-22-18(27-19)21-12-16-6-5-11-25-16/h5-11,13H,12H2,1-4H3,(H,21,22)/t13-/m1/s1. The molecule has 1 aromatic carbocycles. The summed E-state index contributed by atoms with van der Waals surface area (Å²) in [6, 6.07) is 11.6. The molecule has 1 atom stereocenters. The number of anilines is 1. The van der Waals surface area contributed by atoms with Gasteiger partial charge >= 0.3 is 0 Å². The van der Waals surface area contributed by atoms with Crippen LogP contribution in [0.25, 0.3) is 0 Å². The average molecular weight is 402 g/mol. The predicted octanol–water partition coefficient (Wildman–Crippen LogP) is 5.40. The van der Waals surface area contributed by atoms with Gasteiger partial charge in [0.2, 0.25) is 5.13 Å². The van der Waals surface area contributed by atoms with E-state index in [1.54, 1.807) is 6.26 Å². The topological polar surface area (TPSA) is 68.0 Å². The van der Waals surface area contributed by atoms with Crippen LogP contribution < -0.4 is 5.32 Å². The maximum absolute atomic E-state index is 12.7. The fourth-order valence-corrected chi connectivity index (χ4v) is 4.45. The molecule has 2 aromatic heterocycles. The first-order valence-corrected chi connectivity index (χ1v) is 10.4. The first-order chi connectivity index (χ1) is 12.8. The van der Waals surface area contributed by atoms with Crippen LogP contribution in [-0.2, 0) is 12.0 Å². The van der Waals surface area contributed by atoms with Crippen LogP contribution in [0, 0.1) is 0 Å². The molecule has 0 radical (unpaired) electrons. The van der Waals surface area contributed by atoms with E-state index in [-0.39, 0.29) is 16.4 Å². The van der Waals surface area contributed by atoms with Crippen LogP contribution in [0.1, 0.15) is 49.4 Å². The number of carbonyl (C=O) groups is 1. The van der Waals surface area contributed by atoms with E-state index >= 15 is 0 Å². The van der Waals surface area contributed by atoms with Crippen molar-refractivity contribution in [2.75, 3.05) is 5.32 Å². The van der Waals surface area contributed by atoms with E-state index in [9.17, 15) is 4.79 Å². The zero-order valence-electron chi connectivity index (χ0n) is 15.9. The maximum atomic E-state index is 12.7. The van der Waals surface area contributed by atoms with E-state index in [4.69, 9.17) is 4.42 Å². The van der Waals surface area contributed by atoms with Gasteiger partial charge in [0.25, 0.3) is 0 Å². The van der Waals surface area contributed by atoms with Crippen molar-refractivity contribution in [1.29, 1.82) is 0 Å². The summed E-state index contributed by atoms with van der Waals surface area (Å²) in [5.41, 5.74) is 2.02. The number of furan rings is 1. The number of nitrogens with one attached hydrogen (secondary N) is 1. The Hall–Kier alpha value is -2.12. The van der Waals surface area contributed by atoms with Crippen LogP contribution in [-0.4, -0.2) is 21.2 Å². The number of carbonyl (C=O) groups excluding carboxylic acids is 1. The van der Waals surface area contributed by atoms with Gasteiger partial charge in [0.1, 0.15) is 5.76 Å². The quantitative estimate of drug-likeness (QED) is 0.422. The van der Waals surface area contributed by atoms with Gasteiger partial charge < -0.3 is 9.73 Å². The van der Waals surface area contributed by atoms with Gasteiger partial charge in [-0.15, -0.1) is 10.2 Å². The van der Waals surface area contributed by atoms with Gasteiger partial charge in [0.15, 0.2) is 10.1 Å². The maximum Gasteiger partial charge on any atom is 0.206 e. The van der Waals surface area contributed by atoms with E-state index in [1.165, 1.54) is 28.7 Å². The number of hydrogen-bond acceptors (Lipinski definition) is 7. The molecule has 0 amide bonds. The van der Waals surface area contributed by atoms with Gasteiger partial charge in [0.05, 0.1) is 18.1 Å². The number of benzene rings is 1. The minimum atomic E-state index is -0.226. The van der Waals surface area contributed by atoms with Gasteiger partial charge in [-0.25, -0.2) is 0 Å². The molecule has 0 unspecified atom stereocenters. The molecule has 0 aliphatic carbocycles. The van der Waals surface area contributed by atoms with E-state index in [1.807, 2.05) is 43.3 Å². The Balaban J connectivity index is 1.58. The first-order valence-electron chi connectivity index (χ1n) is 8.74. The summed E-state index contributed by atoms with van der Waals surface area (Å²) in [6.45, 7) is 8.95. The summed E-state index contributed by atoms with van der Waals surface area (Å²) in [6.07, 6.45) is 1.64. The Kier molecular flexibility index (Phi) is 6.01. The second kappa shape index (κ2) is 8.27. The third kappa shape index (κ3) is 5.20. The Morgan fingerprint density at radius 2 is 1.96 bits per heavy atom. The smallest absolute Gasteiger partial charge is 0.206 e. The van der Waals surface area contributed by atoms with Crippen molar-refractivity contribution in [3.05, 3.63) is 59.5 Å². The zero-order valence-corrected chi connectivity index (χ0v) is 17.5. The van der Waals surface area contributed by atoms with Crippen LogP contribution in [0.2, 0.25) is 0 Å². The fourth-order valence-electron chi connectivity index (χ4n) is 2.48. The lowest BCUT2D eigenvalue weighted by molar-refractivity contribution is 0.0994. The van der Waals surface area contributed by atoms with Crippen molar-refractivity contribution >= 4 is 34.0 Å². The lowest BCUT2D eigenvalue weighted by Crippen LogP contribution is -2.15. The lowest BCUT2D eigenvalue weighted by atomic mass is 9.86. The van der Waals surface area contributed by atoms with E-state index in [0.717, 1.165) is 15.7 Å². The number of nitrogens with zero attached hydrogens (tertiary/aromatic N) is 2. The molecule has 3 aromatic rings. The molecule has 1 N–H and O–H groups in total. The number of ketones is 1. The third-order valence-electron chi connectivity index (χ3n) is 4.08. The van der Waals surface area contributed by atoms with Crippen molar-refractivity contribution in [2.45, 2.75) is 49.2 Å². The van der Waals surface area contributed by atoms with Crippen molar-refractivity contribution in [3.8, 4) is 0 Å². The molecule has 0 fully saturated rings. The highest BCUT2D eigenvalue weighted by Gasteiger charge is 2.20. The van der Waals surface area contributed by atoms with E-state index in [2.05, 4.69) is 36.3 Å². The molecule has 0 aliphatic rings. The van der Waals surface area contributed by atoms with Crippen molar-refractivity contribution < 1.29 is 9.21 Å². The molecule has 0 spiro atoms. The van der Waals surface area contributed by atoms with E-state index < -0.39 is 0 Å². The van der Waals surface area contributed by atoms with E-state index in [0.29, 0.717) is 11.7 Å². The minimum absolute atomic E-state index is 0.0769. The third-order valence-corrected chi connectivity index (χ3v) is 6.15. The van der Waals surface area contributed by atoms with Gasteiger partial charge in [-0.2, -0.15) is 0 Å². The molecular weight excluding hydrogens is 378 g/mol. The Bertz CT molecular complexity index is 881. The lowest BCUT2D eigenvalue weighted by Gasteiger charge is -2.19. The van der Waals surface area contributed by atoms with Gasteiger partial charge in [-0.1, -0.05) is 68.1 Å². The number of hydrogen-bond donors (Lipinski definition) is 1. The number of Topliss-reactive ketones (excluding diaryl/α,β-unsaturated/α-hetero) is 1. The summed E-state index contributed by atoms with van der Waals surface area (Å²) in [5, 5.41) is 11.9. The number of thioether (sulfide) groups is 1. The molecule has 3 rings (SSSR count). The molecule has 0 saturated heterocycles. The first kappa shape index (κ1) is 19.6. The largest absolute Gasteiger partial charge is 0.467 e. The second-order valence-electron chi connectivity index (χ2n) is 7.26. The predicted molar refractivity (Wildman–Crippen MR) is 111 cm³/mol. The summed E-state index contributed by atoms with van der Waals surface area (Å²) < 4.78 is 6.05. The highest BCUT2D eigenvalue weighted by atomic mass is 32.2. The molecule has 27 heavy (non-hydrogen) atoms. The van der Waals surface area contributed by atoms with Crippen LogP contribution in [0.5, 0.6) is 0 Å². The fraction of sp³-hybridized carbons (Fsp3) is 0.350. The second-order valence-corrected chi connectivity index (χ2v) is 9.82. The molecule has 0 aliphatic heterocycles. The molecule has 2 heterocycles. The summed E-state index contributed by atoms with van der Waals surface area (Å²) in [7, 11) is 0. The van der Waals surface area contributed by atoms with Crippen molar-refractivity contribution in [3.63, 3.8) is 0 Å². The summed E-state index contributed by atoms with van der Waals surface area (Å²) >= 11 is 2.87. The summed E-state index contributed by atoms with van der Waals surface area (Å²) in [5.74, 6) is 0.933. The van der Waals surface area contributed by atoms with Crippen LogP contribution in [0.4, 0.5) is 5.13 Å². The van der Waals surface area contributed by atoms with Gasteiger partial charge in [0, 0.05) is 5.56 Å². The van der Waals surface area contributed by atoms with Crippen molar-refractivity contribution in [2.24, 2.45) is 0 Å². The minimum Gasteiger partial charge on any atom is -0.467 e. The van der Waals surface area contributed by atoms with Crippen LogP contribution in [0.15, 0.2) is 51.4 Å². The normalized spacial score (nSPS) is 12.7. The Morgan fingerprint density at radius 1 is 1.22 bits per heavy atom. The average Bonchev–Trinajstić information content (AvgIpc) is 3.30. The number of aromatic nitrogens is 2. The molecule has 7 heteroatoms. The molecule has 0 saturated carbocycles. The highest BCUT2D eigenvalue weighted by Crippen LogP contribution is 2.31. The zero-order chi connectivity index (χ0) is 19.4. The molecule has 0 bridgehead atoms.